The highest BCUT2D eigenvalue weighted by Gasteiger charge is 2.17. The van der Waals surface area contributed by atoms with Gasteiger partial charge >= 0.3 is 0 Å². The maximum absolute atomic E-state index is 13.4. The third-order valence-electron chi connectivity index (χ3n) is 3.94. The van der Waals surface area contributed by atoms with Gasteiger partial charge in [-0.1, -0.05) is 29.8 Å². The number of hydrogen-bond acceptors (Lipinski definition) is 2. The molecule has 0 saturated heterocycles. The Hall–Kier alpha value is -2.20. The molecule has 3 nitrogen and oxygen atoms in total. The van der Waals surface area contributed by atoms with Crippen LogP contribution in [0.2, 0.25) is 0 Å². The minimum absolute atomic E-state index is 0.0830. The molecule has 0 radical (unpaired) electrons. The lowest BCUT2D eigenvalue weighted by atomic mass is 10.0. The van der Waals surface area contributed by atoms with Gasteiger partial charge in [0.1, 0.15) is 5.82 Å². The molecule has 0 spiro atoms. The molecule has 0 aliphatic carbocycles. The van der Waals surface area contributed by atoms with Crippen LogP contribution in [-0.4, -0.2) is 31.4 Å². The molecule has 0 heterocycles. The Labute approximate surface area is 137 Å². The number of aryl methyl sites for hydroxylation is 2. The molecular formula is C19H23FN2O. The van der Waals surface area contributed by atoms with E-state index in [1.54, 1.807) is 6.07 Å². The fourth-order valence-corrected chi connectivity index (χ4v) is 2.67. The van der Waals surface area contributed by atoms with Crippen LogP contribution in [0, 0.1) is 19.7 Å². The molecule has 0 saturated carbocycles. The Kier molecular flexibility index (Phi) is 5.50. The van der Waals surface area contributed by atoms with E-state index >= 15 is 0 Å². The molecule has 0 unspecified atom stereocenters. The van der Waals surface area contributed by atoms with Crippen molar-refractivity contribution in [2.24, 2.45) is 0 Å². The van der Waals surface area contributed by atoms with Gasteiger partial charge in [-0.05, 0) is 57.3 Å². The monoisotopic (exact) mass is 314 g/mol. The standard InChI is InChI=1S/C19H23FN2O/c1-13-8-9-17(14(2)10-13)19(23)21-12-18(22(3)4)15-6-5-7-16(20)11-15/h5-11,18H,12H2,1-4H3,(H,21,23)/t18-/m0/s1. The van der Waals surface area contributed by atoms with Crippen molar-refractivity contribution in [3.63, 3.8) is 0 Å². The van der Waals surface area contributed by atoms with Gasteiger partial charge in [-0.25, -0.2) is 4.39 Å². The minimum Gasteiger partial charge on any atom is -0.350 e. The topological polar surface area (TPSA) is 32.3 Å². The highest BCUT2D eigenvalue weighted by atomic mass is 19.1. The summed E-state index contributed by atoms with van der Waals surface area (Å²) >= 11 is 0. The second-order valence-corrected chi connectivity index (χ2v) is 6.06. The van der Waals surface area contributed by atoms with Gasteiger partial charge in [0.05, 0.1) is 6.04 Å². The molecular weight excluding hydrogens is 291 g/mol. The van der Waals surface area contributed by atoms with Gasteiger partial charge in [0, 0.05) is 12.1 Å². The predicted octanol–water partition coefficient (Wildman–Crippen LogP) is 3.48. The fraction of sp³-hybridized carbons (Fsp3) is 0.316. The zero-order valence-electron chi connectivity index (χ0n) is 14.1. The van der Waals surface area contributed by atoms with Crippen LogP contribution in [0.15, 0.2) is 42.5 Å². The first kappa shape index (κ1) is 17.2. The lowest BCUT2D eigenvalue weighted by Crippen LogP contribution is -2.34. The lowest BCUT2D eigenvalue weighted by Gasteiger charge is -2.25. The van der Waals surface area contributed by atoms with E-state index in [0.717, 1.165) is 16.7 Å². The normalized spacial score (nSPS) is 12.3. The average molecular weight is 314 g/mol. The minimum atomic E-state index is -0.268. The Bertz CT molecular complexity index is 698. The Morgan fingerprint density at radius 1 is 1.17 bits per heavy atom. The van der Waals surface area contributed by atoms with Crippen molar-refractivity contribution < 1.29 is 9.18 Å². The summed E-state index contributed by atoms with van der Waals surface area (Å²) in [6.07, 6.45) is 0. The number of carbonyl (C=O) groups excluding carboxylic acids is 1. The first-order valence-corrected chi connectivity index (χ1v) is 7.66. The van der Waals surface area contributed by atoms with Crippen LogP contribution >= 0.6 is 0 Å². The molecule has 2 aromatic rings. The summed E-state index contributed by atoms with van der Waals surface area (Å²) in [7, 11) is 3.83. The second-order valence-electron chi connectivity index (χ2n) is 6.06. The van der Waals surface area contributed by atoms with Gasteiger partial charge in [0.25, 0.3) is 5.91 Å². The van der Waals surface area contributed by atoms with E-state index in [9.17, 15) is 9.18 Å². The SMILES string of the molecule is Cc1ccc(C(=O)NC[C@@H](c2cccc(F)c2)N(C)C)c(C)c1. The van der Waals surface area contributed by atoms with Crippen LogP contribution in [0.25, 0.3) is 0 Å². The predicted molar refractivity (Wildman–Crippen MR) is 91.1 cm³/mol. The van der Waals surface area contributed by atoms with Crippen molar-refractivity contribution in [1.29, 1.82) is 0 Å². The van der Waals surface area contributed by atoms with Gasteiger partial charge in [-0.2, -0.15) is 0 Å². The molecule has 23 heavy (non-hydrogen) atoms. The zero-order chi connectivity index (χ0) is 17.0. The van der Waals surface area contributed by atoms with Gasteiger partial charge in [0.2, 0.25) is 0 Å². The van der Waals surface area contributed by atoms with E-state index in [-0.39, 0.29) is 17.8 Å². The zero-order valence-corrected chi connectivity index (χ0v) is 14.1. The molecule has 2 aromatic carbocycles. The van der Waals surface area contributed by atoms with Crippen LogP contribution in [0.5, 0.6) is 0 Å². The molecule has 122 valence electrons. The molecule has 0 fully saturated rings. The van der Waals surface area contributed by atoms with Gasteiger partial charge in [-0.3, -0.25) is 4.79 Å². The molecule has 2 rings (SSSR count). The fourth-order valence-electron chi connectivity index (χ4n) is 2.67. The van der Waals surface area contributed by atoms with E-state index in [1.807, 2.05) is 57.1 Å². The van der Waals surface area contributed by atoms with Crippen molar-refractivity contribution in [3.8, 4) is 0 Å². The molecule has 0 aliphatic heterocycles. The number of benzene rings is 2. The van der Waals surface area contributed by atoms with Crippen molar-refractivity contribution in [1.82, 2.24) is 10.2 Å². The van der Waals surface area contributed by atoms with Gasteiger partial charge in [-0.15, -0.1) is 0 Å². The molecule has 1 N–H and O–H groups in total. The number of rotatable bonds is 5. The van der Waals surface area contributed by atoms with Crippen LogP contribution in [0.1, 0.15) is 33.1 Å². The Balaban J connectivity index is 2.11. The molecule has 1 atom stereocenters. The summed E-state index contributed by atoms with van der Waals surface area (Å²) in [5.41, 5.74) is 3.60. The van der Waals surface area contributed by atoms with E-state index in [2.05, 4.69) is 5.32 Å². The smallest absolute Gasteiger partial charge is 0.251 e. The summed E-state index contributed by atoms with van der Waals surface area (Å²) in [6.45, 7) is 4.35. The highest BCUT2D eigenvalue weighted by molar-refractivity contribution is 5.95. The van der Waals surface area contributed by atoms with Crippen molar-refractivity contribution in [2.75, 3.05) is 20.6 Å². The number of halogens is 1. The quantitative estimate of drug-likeness (QED) is 0.916. The first-order chi connectivity index (χ1) is 10.9. The molecule has 1 amide bonds. The van der Waals surface area contributed by atoms with E-state index in [0.29, 0.717) is 12.1 Å². The summed E-state index contributed by atoms with van der Waals surface area (Å²) < 4.78 is 13.4. The second kappa shape index (κ2) is 7.38. The number of carbonyl (C=O) groups is 1. The third kappa shape index (κ3) is 4.39. The maximum Gasteiger partial charge on any atom is 0.251 e. The summed E-state index contributed by atoms with van der Waals surface area (Å²) in [4.78, 5) is 14.4. The first-order valence-electron chi connectivity index (χ1n) is 7.66. The van der Waals surface area contributed by atoms with E-state index in [4.69, 9.17) is 0 Å². The van der Waals surface area contributed by atoms with Crippen LogP contribution < -0.4 is 5.32 Å². The summed E-state index contributed by atoms with van der Waals surface area (Å²) in [5.74, 6) is -0.374. The lowest BCUT2D eigenvalue weighted by molar-refractivity contribution is 0.0941. The van der Waals surface area contributed by atoms with Gasteiger partial charge < -0.3 is 10.2 Å². The molecule has 0 aliphatic rings. The summed E-state index contributed by atoms with van der Waals surface area (Å²) in [5, 5.41) is 2.96. The maximum atomic E-state index is 13.4. The highest BCUT2D eigenvalue weighted by Crippen LogP contribution is 2.19. The number of likely N-dealkylation sites (N-methyl/N-ethyl adjacent to an activating group) is 1. The van der Waals surface area contributed by atoms with Crippen molar-refractivity contribution in [3.05, 3.63) is 70.5 Å². The van der Waals surface area contributed by atoms with Gasteiger partial charge in [0.15, 0.2) is 0 Å². The molecule has 4 heteroatoms. The number of amides is 1. The summed E-state index contributed by atoms with van der Waals surface area (Å²) in [6, 6.07) is 12.2. The van der Waals surface area contributed by atoms with E-state index < -0.39 is 0 Å². The third-order valence-corrected chi connectivity index (χ3v) is 3.94. The van der Waals surface area contributed by atoms with Crippen molar-refractivity contribution >= 4 is 5.91 Å². The number of hydrogen-bond donors (Lipinski definition) is 1. The Morgan fingerprint density at radius 2 is 1.91 bits per heavy atom. The number of nitrogens with one attached hydrogen (secondary N) is 1. The van der Waals surface area contributed by atoms with Crippen molar-refractivity contribution in [2.45, 2.75) is 19.9 Å². The number of nitrogens with zero attached hydrogens (tertiary/aromatic N) is 1. The van der Waals surface area contributed by atoms with E-state index in [1.165, 1.54) is 12.1 Å². The molecule has 0 bridgehead atoms. The van der Waals surface area contributed by atoms with Crippen LogP contribution in [0.4, 0.5) is 4.39 Å². The molecule has 0 aromatic heterocycles. The average Bonchev–Trinajstić information content (AvgIpc) is 2.47. The van der Waals surface area contributed by atoms with Crippen LogP contribution in [-0.2, 0) is 0 Å². The largest absolute Gasteiger partial charge is 0.350 e. The Morgan fingerprint density at radius 3 is 2.52 bits per heavy atom. The van der Waals surface area contributed by atoms with Crippen LogP contribution in [0.3, 0.4) is 0 Å².